The molecule has 3 aromatic rings. The molecule has 0 aliphatic carbocycles. The van der Waals surface area contributed by atoms with Crippen LogP contribution in [0.4, 0.5) is 25.4 Å². The van der Waals surface area contributed by atoms with E-state index in [1.165, 1.54) is 12.1 Å². The van der Waals surface area contributed by atoms with Crippen LogP contribution in [0.15, 0.2) is 78.4 Å². The average Bonchev–Trinajstić information content (AvgIpc) is 2.94. The van der Waals surface area contributed by atoms with Gasteiger partial charge in [-0.2, -0.15) is 0 Å². The van der Waals surface area contributed by atoms with Crippen LogP contribution in [-0.2, 0) is 9.53 Å². The van der Waals surface area contributed by atoms with Gasteiger partial charge in [-0.25, -0.2) is 18.8 Å². The topological polar surface area (TPSA) is 99.8 Å². The van der Waals surface area contributed by atoms with Crippen molar-refractivity contribution in [1.82, 2.24) is 10.2 Å². The summed E-state index contributed by atoms with van der Waals surface area (Å²) in [5.74, 6) is -1.14. The lowest BCUT2D eigenvalue weighted by molar-refractivity contribution is -0.138. The highest BCUT2D eigenvalue weighted by Crippen LogP contribution is 2.37. The predicted molar refractivity (Wildman–Crippen MR) is 153 cm³/mol. The number of nitrogens with zero attached hydrogens (tertiary/aromatic N) is 1. The minimum atomic E-state index is -0.833. The van der Waals surface area contributed by atoms with E-state index >= 15 is 0 Å². The zero-order chi connectivity index (χ0) is 28.6. The molecule has 1 heterocycles. The number of ether oxygens (including phenoxy) is 1. The van der Waals surface area contributed by atoms with Gasteiger partial charge < -0.3 is 20.7 Å². The summed E-state index contributed by atoms with van der Waals surface area (Å²) in [7, 11) is 0. The molecule has 1 aliphatic heterocycles. The summed E-state index contributed by atoms with van der Waals surface area (Å²) in [6.45, 7) is 4.35. The second-order valence-corrected chi connectivity index (χ2v) is 9.48. The Morgan fingerprint density at radius 2 is 1.73 bits per heavy atom. The Balaban J connectivity index is 1.71. The smallest absolute Gasteiger partial charge is 0.338 e. The molecule has 0 unspecified atom stereocenters. The first kappa shape index (κ1) is 28.6. The molecule has 3 aromatic carbocycles. The van der Waals surface area contributed by atoms with Gasteiger partial charge in [0.1, 0.15) is 5.82 Å². The van der Waals surface area contributed by atoms with Crippen molar-refractivity contribution in [2.24, 2.45) is 0 Å². The van der Waals surface area contributed by atoms with Crippen molar-refractivity contribution in [3.05, 3.63) is 100 Å². The number of hydrogen-bond acceptors (Lipinski definition) is 4. The van der Waals surface area contributed by atoms with Crippen LogP contribution in [0.5, 0.6) is 0 Å². The SMILES string of the molecule is CCCCN1C(=O)N[C@H](c2cccc(NC(=O)Nc3ccc(F)c(Cl)c3)c2)C(C(=O)OCC)=C1c1ccccc1. The standard InChI is InChI=1S/C30H30ClFN4O4/c1-3-5-16-36-27(19-10-7-6-8-11-19)25(28(37)40-4-2)26(35-30(36)39)20-12-9-13-21(17-20)33-29(38)34-22-14-15-24(32)23(31)18-22/h6-15,17-18,26H,3-5,16H2,1-2H3,(H,35,39)(H2,33,34,38)/t26-/m1/s1. The molecule has 0 fully saturated rings. The molecule has 0 spiro atoms. The van der Waals surface area contributed by atoms with Crippen molar-refractivity contribution in [2.75, 3.05) is 23.8 Å². The van der Waals surface area contributed by atoms with Gasteiger partial charge in [0.15, 0.2) is 0 Å². The average molecular weight is 565 g/mol. The number of carbonyl (C=O) groups excluding carboxylic acids is 3. The number of benzene rings is 3. The summed E-state index contributed by atoms with van der Waals surface area (Å²) in [6.07, 6.45) is 1.61. The molecule has 8 nitrogen and oxygen atoms in total. The number of rotatable bonds is 9. The maximum Gasteiger partial charge on any atom is 0.338 e. The van der Waals surface area contributed by atoms with E-state index in [1.807, 2.05) is 37.3 Å². The molecule has 40 heavy (non-hydrogen) atoms. The molecule has 1 atom stereocenters. The van der Waals surface area contributed by atoms with Gasteiger partial charge in [-0.05, 0) is 54.8 Å². The Morgan fingerprint density at radius 3 is 2.40 bits per heavy atom. The first-order valence-corrected chi connectivity index (χ1v) is 13.4. The Kier molecular flexibility index (Phi) is 9.39. The molecule has 3 N–H and O–H groups in total. The van der Waals surface area contributed by atoms with Crippen LogP contribution in [-0.4, -0.2) is 36.1 Å². The van der Waals surface area contributed by atoms with Gasteiger partial charge in [-0.3, -0.25) is 4.90 Å². The maximum absolute atomic E-state index is 13.5. The summed E-state index contributed by atoms with van der Waals surface area (Å²) < 4.78 is 18.9. The van der Waals surface area contributed by atoms with E-state index in [0.717, 1.165) is 18.9 Å². The number of anilines is 2. The highest BCUT2D eigenvalue weighted by atomic mass is 35.5. The Morgan fingerprint density at radius 1 is 1.00 bits per heavy atom. The van der Waals surface area contributed by atoms with E-state index in [-0.39, 0.29) is 17.7 Å². The highest BCUT2D eigenvalue weighted by Gasteiger charge is 2.38. The van der Waals surface area contributed by atoms with Crippen molar-refractivity contribution >= 4 is 46.7 Å². The first-order chi connectivity index (χ1) is 19.3. The highest BCUT2D eigenvalue weighted by molar-refractivity contribution is 6.31. The zero-order valence-electron chi connectivity index (χ0n) is 22.2. The fourth-order valence-corrected chi connectivity index (χ4v) is 4.61. The van der Waals surface area contributed by atoms with Gasteiger partial charge in [0, 0.05) is 17.9 Å². The number of nitrogens with one attached hydrogen (secondary N) is 3. The van der Waals surface area contributed by atoms with Gasteiger partial charge in [0.2, 0.25) is 0 Å². The van der Waals surface area contributed by atoms with Crippen molar-refractivity contribution in [3.8, 4) is 0 Å². The minimum Gasteiger partial charge on any atom is -0.463 e. The molecule has 0 saturated heterocycles. The van der Waals surface area contributed by atoms with E-state index in [2.05, 4.69) is 16.0 Å². The van der Waals surface area contributed by atoms with E-state index in [0.29, 0.717) is 40.3 Å². The summed E-state index contributed by atoms with van der Waals surface area (Å²) in [5, 5.41) is 8.17. The Hall–Kier alpha value is -4.37. The van der Waals surface area contributed by atoms with Gasteiger partial charge in [-0.15, -0.1) is 0 Å². The molecule has 4 rings (SSSR count). The number of unbranched alkanes of at least 4 members (excludes halogenated alkanes) is 1. The number of esters is 1. The molecule has 0 aromatic heterocycles. The summed E-state index contributed by atoms with van der Waals surface area (Å²) in [4.78, 5) is 41.1. The van der Waals surface area contributed by atoms with Gasteiger partial charge in [0.25, 0.3) is 0 Å². The third-order valence-electron chi connectivity index (χ3n) is 6.26. The lowest BCUT2D eigenvalue weighted by atomic mass is 9.91. The van der Waals surface area contributed by atoms with Crippen LogP contribution < -0.4 is 16.0 Å². The van der Waals surface area contributed by atoms with Crippen LogP contribution in [0.25, 0.3) is 5.70 Å². The number of urea groups is 2. The van der Waals surface area contributed by atoms with Crippen LogP contribution in [0.3, 0.4) is 0 Å². The Labute approximate surface area is 237 Å². The molecule has 0 bridgehead atoms. The Bertz CT molecular complexity index is 1430. The second kappa shape index (κ2) is 13.1. The third-order valence-corrected chi connectivity index (χ3v) is 6.55. The summed E-state index contributed by atoms with van der Waals surface area (Å²) in [6, 6.07) is 18.2. The molecule has 0 saturated carbocycles. The van der Waals surface area contributed by atoms with E-state index in [4.69, 9.17) is 16.3 Å². The van der Waals surface area contributed by atoms with Crippen molar-refractivity contribution < 1.29 is 23.5 Å². The summed E-state index contributed by atoms with van der Waals surface area (Å²) >= 11 is 5.81. The molecule has 208 valence electrons. The van der Waals surface area contributed by atoms with Crippen LogP contribution >= 0.6 is 11.6 Å². The number of halogens is 2. The lowest BCUT2D eigenvalue weighted by Gasteiger charge is -2.37. The number of amides is 4. The minimum absolute atomic E-state index is 0.117. The van der Waals surface area contributed by atoms with Crippen LogP contribution in [0.1, 0.15) is 43.9 Å². The van der Waals surface area contributed by atoms with Crippen LogP contribution in [0, 0.1) is 5.82 Å². The van der Waals surface area contributed by atoms with Crippen molar-refractivity contribution in [1.29, 1.82) is 0 Å². The van der Waals surface area contributed by atoms with Gasteiger partial charge >= 0.3 is 18.0 Å². The normalized spacial score (nSPS) is 14.9. The maximum atomic E-state index is 13.5. The second-order valence-electron chi connectivity index (χ2n) is 9.07. The van der Waals surface area contributed by atoms with Crippen molar-refractivity contribution in [2.45, 2.75) is 32.7 Å². The molecule has 10 heteroatoms. The molecule has 4 amide bonds. The molecule has 0 radical (unpaired) electrons. The van der Waals surface area contributed by atoms with Gasteiger partial charge in [-0.1, -0.05) is 67.4 Å². The van der Waals surface area contributed by atoms with Gasteiger partial charge in [0.05, 0.1) is 28.9 Å². The molecular weight excluding hydrogens is 535 g/mol. The first-order valence-electron chi connectivity index (χ1n) is 13.0. The number of hydrogen-bond donors (Lipinski definition) is 3. The zero-order valence-corrected chi connectivity index (χ0v) is 22.9. The van der Waals surface area contributed by atoms with Crippen LogP contribution in [0.2, 0.25) is 5.02 Å². The fourth-order valence-electron chi connectivity index (χ4n) is 4.43. The molecule has 1 aliphatic rings. The predicted octanol–water partition coefficient (Wildman–Crippen LogP) is 6.96. The lowest BCUT2D eigenvalue weighted by Crippen LogP contribution is -2.48. The van der Waals surface area contributed by atoms with E-state index in [1.54, 1.807) is 36.1 Å². The third kappa shape index (κ3) is 6.60. The van der Waals surface area contributed by atoms with E-state index < -0.39 is 23.9 Å². The fraction of sp³-hybridized carbons (Fsp3) is 0.233. The molecular formula is C30H30ClFN4O4. The van der Waals surface area contributed by atoms with E-state index in [9.17, 15) is 18.8 Å². The summed E-state index contributed by atoms with van der Waals surface area (Å²) in [5.41, 5.74) is 2.80. The monoisotopic (exact) mass is 564 g/mol. The number of carbonyl (C=O) groups is 3. The van der Waals surface area contributed by atoms with Crippen molar-refractivity contribution in [3.63, 3.8) is 0 Å². The quantitative estimate of drug-likeness (QED) is 0.244. The largest absolute Gasteiger partial charge is 0.463 e.